The Morgan fingerprint density at radius 2 is 1.67 bits per heavy atom. The number of carbonyl (C=O) groups is 3. The first kappa shape index (κ1) is 25.5. The molecule has 2 aliphatic rings. The van der Waals surface area contributed by atoms with Gasteiger partial charge in [0.2, 0.25) is 5.54 Å². The van der Waals surface area contributed by atoms with Crippen molar-refractivity contribution in [3.05, 3.63) is 77.0 Å². The maximum atomic E-state index is 14.9. The van der Waals surface area contributed by atoms with E-state index in [4.69, 9.17) is 4.74 Å². The van der Waals surface area contributed by atoms with Crippen LogP contribution in [0.5, 0.6) is 5.75 Å². The van der Waals surface area contributed by atoms with Gasteiger partial charge < -0.3 is 15.0 Å². The monoisotopic (exact) mass is 500 g/mol. The summed E-state index contributed by atoms with van der Waals surface area (Å²) in [5, 5.41) is 1.95. The van der Waals surface area contributed by atoms with E-state index >= 15 is 0 Å². The van der Waals surface area contributed by atoms with E-state index in [0.29, 0.717) is 12.2 Å². The van der Waals surface area contributed by atoms with Crippen LogP contribution in [0.1, 0.15) is 42.6 Å². The molecule has 2 aromatic carbocycles. The lowest BCUT2D eigenvalue weighted by Crippen LogP contribution is -2.66. The van der Waals surface area contributed by atoms with E-state index in [2.05, 4.69) is 0 Å². The van der Waals surface area contributed by atoms with Crippen molar-refractivity contribution in [1.29, 1.82) is 0 Å². The number of nitrogens with zero attached hydrogens (tertiary/aromatic N) is 1. The van der Waals surface area contributed by atoms with Gasteiger partial charge in [0.1, 0.15) is 5.75 Å². The highest BCUT2D eigenvalue weighted by atomic mass is 19.4. The number of halogens is 3. The molecule has 190 valence electrons. The highest BCUT2D eigenvalue weighted by Gasteiger charge is 2.71. The van der Waals surface area contributed by atoms with Crippen molar-refractivity contribution in [1.82, 2.24) is 10.2 Å². The topological polar surface area (TPSA) is 75.7 Å². The zero-order chi connectivity index (χ0) is 26.3. The van der Waals surface area contributed by atoms with Gasteiger partial charge in [0.05, 0.1) is 12.7 Å². The van der Waals surface area contributed by atoms with Crippen LogP contribution in [0.3, 0.4) is 0 Å². The molecule has 0 radical (unpaired) electrons. The Morgan fingerprint density at radius 1 is 1.03 bits per heavy atom. The molecule has 0 unspecified atom stereocenters. The fourth-order valence-electron chi connectivity index (χ4n) is 4.93. The van der Waals surface area contributed by atoms with Crippen molar-refractivity contribution in [2.45, 2.75) is 44.8 Å². The van der Waals surface area contributed by atoms with Gasteiger partial charge in [0.15, 0.2) is 5.78 Å². The molecular formula is C27H27F3N2O4. The van der Waals surface area contributed by atoms with Crippen molar-refractivity contribution >= 4 is 17.6 Å². The lowest BCUT2D eigenvalue weighted by atomic mass is 9.72. The predicted molar refractivity (Wildman–Crippen MR) is 126 cm³/mol. The number of ketones is 1. The van der Waals surface area contributed by atoms with Crippen LogP contribution in [0.15, 0.2) is 65.9 Å². The Kier molecular flexibility index (Phi) is 6.45. The number of Topliss-reactive ketones (excluding diaryl/α,β-unsaturated/α-hetero) is 1. The normalized spacial score (nSPS) is 21.4. The minimum absolute atomic E-state index is 0.0320. The van der Waals surface area contributed by atoms with Gasteiger partial charge >= 0.3 is 6.18 Å². The molecular weight excluding hydrogens is 473 g/mol. The zero-order valence-corrected chi connectivity index (χ0v) is 20.2. The minimum Gasteiger partial charge on any atom is -0.497 e. The van der Waals surface area contributed by atoms with Gasteiger partial charge in [-0.05, 0) is 48.1 Å². The molecule has 2 aromatic rings. The molecule has 0 saturated carbocycles. The Morgan fingerprint density at radius 3 is 2.25 bits per heavy atom. The third-order valence-electron chi connectivity index (χ3n) is 6.66. The van der Waals surface area contributed by atoms with E-state index < -0.39 is 40.3 Å². The lowest BCUT2D eigenvalue weighted by Gasteiger charge is -2.35. The van der Waals surface area contributed by atoms with Crippen molar-refractivity contribution in [2.75, 3.05) is 13.7 Å². The number of hydrogen-bond acceptors (Lipinski definition) is 4. The van der Waals surface area contributed by atoms with Gasteiger partial charge in [-0.25, -0.2) is 0 Å². The summed E-state index contributed by atoms with van der Waals surface area (Å²) >= 11 is 0. The zero-order valence-electron chi connectivity index (χ0n) is 20.2. The molecule has 1 aliphatic carbocycles. The second kappa shape index (κ2) is 9.11. The van der Waals surface area contributed by atoms with Gasteiger partial charge in [-0.3, -0.25) is 14.4 Å². The highest BCUT2D eigenvalue weighted by Crippen LogP contribution is 2.51. The van der Waals surface area contributed by atoms with E-state index in [1.165, 1.54) is 31.4 Å². The first-order valence-electron chi connectivity index (χ1n) is 11.6. The molecule has 6 nitrogen and oxygen atoms in total. The van der Waals surface area contributed by atoms with Gasteiger partial charge in [-0.15, -0.1) is 0 Å². The number of amides is 2. The third kappa shape index (κ3) is 4.38. The first-order chi connectivity index (χ1) is 16.9. The Labute approximate surface area is 207 Å². The molecule has 0 fully saturated rings. The molecule has 9 heteroatoms. The number of nitrogens with one attached hydrogen (secondary N) is 1. The van der Waals surface area contributed by atoms with Gasteiger partial charge in [-0.1, -0.05) is 44.2 Å². The van der Waals surface area contributed by atoms with E-state index in [-0.39, 0.29) is 30.6 Å². The second-order valence-electron chi connectivity index (χ2n) is 9.89. The molecule has 1 heterocycles. The number of alkyl halides is 3. The minimum atomic E-state index is -5.24. The number of methoxy groups -OCH3 is 1. The first-order valence-corrected chi connectivity index (χ1v) is 11.6. The van der Waals surface area contributed by atoms with E-state index in [1.54, 1.807) is 26.0 Å². The Bertz CT molecular complexity index is 1220. The summed E-state index contributed by atoms with van der Waals surface area (Å²) in [6.45, 7) is 3.50. The number of hydrogen-bond donors (Lipinski definition) is 1. The van der Waals surface area contributed by atoms with Crippen LogP contribution < -0.4 is 10.1 Å². The van der Waals surface area contributed by atoms with Crippen LogP contribution in [0.25, 0.3) is 0 Å². The SMILES string of the molecule is COc1ccc(C(=O)N[C@@]2(C(F)(F)F)C(=O)N(CCc3ccccc3)C3=C2C(=O)CC(C)(C)C3)cc1. The smallest absolute Gasteiger partial charge is 0.425 e. The van der Waals surface area contributed by atoms with Crippen LogP contribution in [-0.2, 0) is 16.0 Å². The van der Waals surface area contributed by atoms with Crippen molar-refractivity contribution in [3.8, 4) is 5.75 Å². The van der Waals surface area contributed by atoms with E-state index in [9.17, 15) is 27.6 Å². The second-order valence-corrected chi connectivity index (χ2v) is 9.89. The molecule has 1 atom stereocenters. The van der Waals surface area contributed by atoms with Gasteiger partial charge in [0, 0.05) is 24.2 Å². The largest absolute Gasteiger partial charge is 0.497 e. The number of rotatable bonds is 6. The molecule has 0 spiro atoms. The van der Waals surface area contributed by atoms with E-state index in [1.807, 2.05) is 23.5 Å². The van der Waals surface area contributed by atoms with Crippen LogP contribution in [0.4, 0.5) is 13.2 Å². The Balaban J connectivity index is 1.79. The summed E-state index contributed by atoms with van der Waals surface area (Å²) < 4.78 is 49.6. The maximum absolute atomic E-state index is 14.9. The van der Waals surface area contributed by atoms with Crippen molar-refractivity contribution in [2.24, 2.45) is 5.41 Å². The molecule has 0 saturated heterocycles. The highest BCUT2D eigenvalue weighted by molar-refractivity contribution is 6.14. The lowest BCUT2D eigenvalue weighted by molar-refractivity contribution is -0.190. The van der Waals surface area contributed by atoms with Crippen LogP contribution >= 0.6 is 0 Å². The summed E-state index contributed by atoms with van der Waals surface area (Å²) in [7, 11) is 1.42. The molecule has 4 rings (SSSR count). The predicted octanol–water partition coefficient (Wildman–Crippen LogP) is 4.45. The van der Waals surface area contributed by atoms with E-state index in [0.717, 1.165) is 10.5 Å². The summed E-state index contributed by atoms with van der Waals surface area (Å²) in [5.74, 6) is -2.85. The average molecular weight is 501 g/mol. The Hall–Kier alpha value is -3.62. The average Bonchev–Trinajstić information content (AvgIpc) is 3.05. The van der Waals surface area contributed by atoms with Crippen LogP contribution in [-0.4, -0.2) is 47.9 Å². The molecule has 1 aliphatic heterocycles. The summed E-state index contributed by atoms with van der Waals surface area (Å²) in [6, 6.07) is 14.5. The van der Waals surface area contributed by atoms with Crippen LogP contribution in [0.2, 0.25) is 0 Å². The summed E-state index contributed by atoms with van der Waals surface area (Å²) in [5.41, 5.74) is -3.99. The molecule has 1 N–H and O–H groups in total. The molecule has 36 heavy (non-hydrogen) atoms. The van der Waals surface area contributed by atoms with Crippen LogP contribution in [0, 0.1) is 5.41 Å². The maximum Gasteiger partial charge on any atom is 0.425 e. The molecule has 0 bridgehead atoms. The molecule has 0 aromatic heterocycles. The standard InChI is InChI=1S/C27H27F3N2O4/c1-25(2)15-20-22(21(33)16-25)26(27(28,29)30,31-23(34)18-9-11-19(36-3)12-10-18)24(35)32(20)14-13-17-7-5-4-6-8-17/h4-12H,13-16H2,1-3H3,(H,31,34)/t26-/m1/s1. The fraction of sp³-hybridized carbons (Fsp3) is 0.370. The quantitative estimate of drug-likeness (QED) is 0.636. The summed E-state index contributed by atoms with van der Waals surface area (Å²) in [4.78, 5) is 41.0. The van der Waals surface area contributed by atoms with Crippen molar-refractivity contribution < 1.29 is 32.3 Å². The van der Waals surface area contributed by atoms with Crippen molar-refractivity contribution in [3.63, 3.8) is 0 Å². The number of ether oxygens (including phenoxy) is 1. The number of benzene rings is 2. The van der Waals surface area contributed by atoms with Gasteiger partial charge in [0.25, 0.3) is 11.8 Å². The number of carbonyl (C=O) groups excluding carboxylic acids is 3. The third-order valence-corrected chi connectivity index (χ3v) is 6.66. The fourth-order valence-corrected chi connectivity index (χ4v) is 4.93. The molecule has 2 amide bonds. The summed E-state index contributed by atoms with van der Waals surface area (Å²) in [6.07, 6.45) is -5.02. The van der Waals surface area contributed by atoms with Gasteiger partial charge in [-0.2, -0.15) is 13.2 Å². The number of allylic oxidation sites excluding steroid dienone is 1.